The fourth-order valence-corrected chi connectivity index (χ4v) is 4.51. The second-order valence-electron chi connectivity index (χ2n) is 8.10. The molecule has 4 rings (SSSR count). The van der Waals surface area contributed by atoms with Gasteiger partial charge < -0.3 is 25.8 Å². The molecule has 0 saturated carbocycles. The number of nitrogens with two attached hydrogens (primary N) is 1. The summed E-state index contributed by atoms with van der Waals surface area (Å²) in [6, 6.07) is 15.0. The molecule has 2 saturated heterocycles. The van der Waals surface area contributed by atoms with Crippen LogP contribution in [0.25, 0.3) is 0 Å². The van der Waals surface area contributed by atoms with E-state index in [1.54, 1.807) is 24.3 Å². The van der Waals surface area contributed by atoms with Crippen LogP contribution in [0.1, 0.15) is 34.5 Å². The summed E-state index contributed by atoms with van der Waals surface area (Å²) in [5.41, 5.74) is 8.08. The van der Waals surface area contributed by atoms with Gasteiger partial charge in [-0.15, -0.1) is 0 Å². The maximum absolute atomic E-state index is 13.1. The van der Waals surface area contributed by atoms with Gasteiger partial charge in [-0.25, -0.2) is 0 Å². The Labute approximate surface area is 187 Å². The van der Waals surface area contributed by atoms with Gasteiger partial charge in [-0.3, -0.25) is 14.4 Å². The predicted octanol–water partition coefficient (Wildman–Crippen LogP) is 1.98. The van der Waals surface area contributed by atoms with Crippen LogP contribution in [0.5, 0.6) is 5.75 Å². The maximum Gasteiger partial charge on any atom is 0.300 e. The topological polar surface area (TPSA) is 122 Å². The number of carbonyl (C=O) groups is 3. The number of amides is 2. The molecule has 0 unspecified atom stereocenters. The van der Waals surface area contributed by atoms with E-state index >= 15 is 0 Å². The maximum atomic E-state index is 13.1. The summed E-state index contributed by atoms with van der Waals surface area (Å²) in [7, 11) is 0. The van der Waals surface area contributed by atoms with Crippen molar-refractivity contribution < 1.29 is 24.2 Å². The number of fused-ring (bicyclic) bond motifs is 1. The summed E-state index contributed by atoms with van der Waals surface area (Å²) in [5, 5.41) is 10.9. The summed E-state index contributed by atoms with van der Waals surface area (Å²) in [4.78, 5) is 35.6. The number of para-hydroxylation sites is 1. The minimum absolute atomic E-state index is 0.0451. The zero-order valence-electron chi connectivity index (χ0n) is 18.3. The molecule has 0 bridgehead atoms. The van der Waals surface area contributed by atoms with Gasteiger partial charge >= 0.3 is 0 Å². The van der Waals surface area contributed by atoms with Gasteiger partial charge in [0.15, 0.2) is 6.61 Å². The Kier molecular flexibility index (Phi) is 7.48. The van der Waals surface area contributed by atoms with Crippen molar-refractivity contribution in [2.45, 2.75) is 19.9 Å². The highest BCUT2D eigenvalue weighted by Gasteiger charge is 2.47. The van der Waals surface area contributed by atoms with Crippen molar-refractivity contribution in [3.05, 3.63) is 65.2 Å². The van der Waals surface area contributed by atoms with Crippen LogP contribution in [0.15, 0.2) is 48.5 Å². The predicted molar refractivity (Wildman–Crippen MR) is 119 cm³/mol. The first-order chi connectivity index (χ1) is 15.3. The molecule has 8 nitrogen and oxygen atoms in total. The number of primary amides is 1. The summed E-state index contributed by atoms with van der Waals surface area (Å²) in [6.45, 7) is 5.63. The Morgan fingerprint density at radius 1 is 1.12 bits per heavy atom. The molecule has 0 spiro atoms. The molecule has 170 valence electrons. The number of carboxylic acid groups (broad SMARTS) is 1. The number of hydrogen-bond acceptors (Lipinski definition) is 5. The number of aliphatic carboxylic acids is 1. The quantitative estimate of drug-likeness (QED) is 0.655. The number of carbonyl (C=O) groups excluding carboxylic acids is 2. The Balaban J connectivity index is 0.000000668. The van der Waals surface area contributed by atoms with Gasteiger partial charge in [0.2, 0.25) is 0 Å². The number of nitrogens with one attached hydrogen (secondary N) is 1. The molecule has 2 aromatic carbocycles. The summed E-state index contributed by atoms with van der Waals surface area (Å²) < 4.78 is 5.70. The number of hydrogen-bond donors (Lipinski definition) is 3. The Morgan fingerprint density at radius 3 is 2.47 bits per heavy atom. The monoisotopic (exact) mass is 439 g/mol. The zero-order chi connectivity index (χ0) is 23.3. The lowest BCUT2D eigenvalue weighted by molar-refractivity contribution is -0.135. The fraction of sp³-hybridized carbons (Fsp3) is 0.375. The number of nitrogens with zero attached hydrogens (tertiary/aromatic N) is 1. The second kappa shape index (κ2) is 10.3. The first kappa shape index (κ1) is 23.3. The molecule has 2 aliphatic rings. The SMILES string of the molecule is CC(=O)O.Cc1ccccc1[C@@H]1[C@H]2CNC[C@H]2CN1C(=O)COc1ccccc1C(N)=O. The molecule has 3 atom stereocenters. The van der Waals surface area contributed by atoms with Crippen LogP contribution in [0.3, 0.4) is 0 Å². The summed E-state index contributed by atoms with van der Waals surface area (Å²) in [6.07, 6.45) is 0. The van der Waals surface area contributed by atoms with Crippen LogP contribution < -0.4 is 15.8 Å². The normalized spacial score (nSPS) is 21.3. The highest BCUT2D eigenvalue weighted by atomic mass is 16.5. The lowest BCUT2D eigenvalue weighted by Gasteiger charge is -2.29. The van der Waals surface area contributed by atoms with Crippen LogP contribution in [0, 0.1) is 18.8 Å². The van der Waals surface area contributed by atoms with Crippen molar-refractivity contribution in [2.24, 2.45) is 17.6 Å². The summed E-state index contributed by atoms with van der Waals surface area (Å²) in [5.74, 6) is -0.268. The highest BCUT2D eigenvalue weighted by Crippen LogP contribution is 2.43. The minimum Gasteiger partial charge on any atom is -0.483 e. The van der Waals surface area contributed by atoms with E-state index in [1.807, 2.05) is 17.0 Å². The van der Waals surface area contributed by atoms with Crippen molar-refractivity contribution in [3.63, 3.8) is 0 Å². The van der Waals surface area contributed by atoms with Gasteiger partial charge in [0, 0.05) is 32.5 Å². The van der Waals surface area contributed by atoms with Crippen LogP contribution in [-0.2, 0) is 9.59 Å². The number of rotatable bonds is 5. The molecule has 2 aromatic rings. The first-order valence-corrected chi connectivity index (χ1v) is 10.6. The number of carboxylic acids is 1. The smallest absolute Gasteiger partial charge is 0.300 e. The van der Waals surface area contributed by atoms with E-state index in [-0.39, 0.29) is 24.1 Å². The molecule has 8 heteroatoms. The molecule has 32 heavy (non-hydrogen) atoms. The zero-order valence-corrected chi connectivity index (χ0v) is 18.3. The van der Waals surface area contributed by atoms with Gasteiger partial charge in [-0.2, -0.15) is 0 Å². The van der Waals surface area contributed by atoms with E-state index in [2.05, 4.69) is 24.4 Å². The number of benzene rings is 2. The van der Waals surface area contributed by atoms with Crippen molar-refractivity contribution in [1.29, 1.82) is 0 Å². The third kappa shape index (κ3) is 5.26. The van der Waals surface area contributed by atoms with Crippen LogP contribution in [0.4, 0.5) is 0 Å². The van der Waals surface area contributed by atoms with Crippen molar-refractivity contribution in [3.8, 4) is 5.75 Å². The minimum atomic E-state index is -0.833. The van der Waals surface area contributed by atoms with E-state index in [9.17, 15) is 9.59 Å². The molecule has 0 radical (unpaired) electrons. The van der Waals surface area contributed by atoms with Crippen molar-refractivity contribution in [2.75, 3.05) is 26.2 Å². The average molecular weight is 440 g/mol. The lowest BCUT2D eigenvalue weighted by Crippen LogP contribution is -2.38. The average Bonchev–Trinajstić information content (AvgIpc) is 3.34. The van der Waals surface area contributed by atoms with E-state index in [0.29, 0.717) is 17.6 Å². The van der Waals surface area contributed by atoms with Crippen molar-refractivity contribution in [1.82, 2.24) is 10.2 Å². The first-order valence-electron chi connectivity index (χ1n) is 10.6. The molecular formula is C24H29N3O5. The standard InChI is InChI=1S/C22H25N3O3.C2H4O2/c1-14-6-2-3-7-16(14)21-18-11-24-10-15(18)12-25(21)20(26)13-28-19-9-5-4-8-17(19)22(23)27;1-2(3)4/h2-9,15,18,21,24H,10-13H2,1H3,(H2,23,27);1H3,(H,3,4)/t15-,18-,21+;/m0./s1. The van der Waals surface area contributed by atoms with Crippen LogP contribution >= 0.6 is 0 Å². The molecular weight excluding hydrogens is 410 g/mol. The largest absolute Gasteiger partial charge is 0.483 e. The van der Waals surface area contributed by atoms with E-state index in [1.165, 1.54) is 11.1 Å². The Hall–Kier alpha value is -3.39. The summed E-state index contributed by atoms with van der Waals surface area (Å²) >= 11 is 0. The van der Waals surface area contributed by atoms with Gasteiger partial charge in [0.1, 0.15) is 5.75 Å². The number of likely N-dealkylation sites (tertiary alicyclic amines) is 1. The molecule has 2 aliphatic heterocycles. The molecule has 4 N–H and O–H groups in total. The van der Waals surface area contributed by atoms with Crippen LogP contribution in [0.2, 0.25) is 0 Å². The van der Waals surface area contributed by atoms with Crippen LogP contribution in [-0.4, -0.2) is 54.0 Å². The molecule has 2 amide bonds. The van der Waals surface area contributed by atoms with Gasteiger partial charge in [0.25, 0.3) is 17.8 Å². The Bertz CT molecular complexity index is 989. The molecule has 0 aliphatic carbocycles. The molecule has 0 aromatic heterocycles. The van der Waals surface area contributed by atoms with E-state index in [0.717, 1.165) is 26.6 Å². The van der Waals surface area contributed by atoms with Crippen molar-refractivity contribution >= 4 is 17.8 Å². The third-order valence-corrected chi connectivity index (χ3v) is 5.90. The van der Waals surface area contributed by atoms with Gasteiger partial charge in [0.05, 0.1) is 11.6 Å². The lowest BCUT2D eigenvalue weighted by atomic mass is 9.87. The molecule has 2 fully saturated rings. The fourth-order valence-electron chi connectivity index (χ4n) is 4.51. The Morgan fingerprint density at radius 2 is 1.78 bits per heavy atom. The number of aryl methyl sites for hydroxylation is 1. The second-order valence-corrected chi connectivity index (χ2v) is 8.10. The van der Waals surface area contributed by atoms with E-state index in [4.69, 9.17) is 20.4 Å². The number of ether oxygens (including phenoxy) is 1. The highest BCUT2D eigenvalue weighted by molar-refractivity contribution is 5.95. The van der Waals surface area contributed by atoms with Gasteiger partial charge in [-0.05, 0) is 36.1 Å². The van der Waals surface area contributed by atoms with E-state index < -0.39 is 11.9 Å². The molecule has 2 heterocycles. The van der Waals surface area contributed by atoms with Gasteiger partial charge in [-0.1, -0.05) is 36.4 Å². The third-order valence-electron chi connectivity index (χ3n) is 5.90.